The van der Waals surface area contributed by atoms with Crippen molar-refractivity contribution in [2.24, 2.45) is 0 Å². The Morgan fingerprint density at radius 3 is 2.50 bits per heavy atom. The topological polar surface area (TPSA) is 64.1 Å². The summed E-state index contributed by atoms with van der Waals surface area (Å²) in [7, 11) is 0. The number of amides is 1. The van der Waals surface area contributed by atoms with E-state index in [2.05, 4.69) is 15.3 Å². The number of benzene rings is 1. The van der Waals surface area contributed by atoms with Crippen LogP contribution >= 0.6 is 0 Å². The summed E-state index contributed by atoms with van der Waals surface area (Å²) < 4.78 is 5.17. The zero-order valence-corrected chi connectivity index (χ0v) is 11.8. The third kappa shape index (κ3) is 4.05. The first kappa shape index (κ1) is 14.0. The van der Waals surface area contributed by atoms with Gasteiger partial charge in [-0.2, -0.15) is 0 Å². The van der Waals surface area contributed by atoms with Gasteiger partial charge in [-0.25, -0.2) is 9.78 Å². The number of carbonyl (C=O) groups is 1. The molecule has 0 fully saturated rings. The molecule has 104 valence electrons. The Labute approximate surface area is 118 Å². The lowest BCUT2D eigenvalue weighted by atomic mass is 10.2. The Bertz CT molecular complexity index is 592. The van der Waals surface area contributed by atoms with Gasteiger partial charge in [-0.1, -0.05) is 30.3 Å². The van der Waals surface area contributed by atoms with Crippen LogP contribution in [0.2, 0.25) is 0 Å². The van der Waals surface area contributed by atoms with Gasteiger partial charge in [-0.3, -0.25) is 10.3 Å². The van der Waals surface area contributed by atoms with Gasteiger partial charge in [-0.05, 0) is 20.8 Å². The summed E-state index contributed by atoms with van der Waals surface area (Å²) in [5.41, 5.74) is 1.08. The zero-order chi connectivity index (χ0) is 14.6. The predicted octanol–water partition coefficient (Wildman–Crippen LogP) is 3.49. The number of nitrogens with zero attached hydrogens (tertiary/aromatic N) is 2. The molecule has 0 saturated heterocycles. The standard InChI is InChI=1S/C15H17N3O2/c1-15(2,3)20-14(19)18-13-10-16-9-12(17-13)11-7-5-4-6-8-11/h4-10H,1-3H3,(H,17,18,19). The fraction of sp³-hybridized carbons (Fsp3) is 0.267. The van der Waals surface area contributed by atoms with E-state index < -0.39 is 11.7 Å². The smallest absolute Gasteiger partial charge is 0.413 e. The van der Waals surface area contributed by atoms with Crippen LogP contribution in [-0.4, -0.2) is 21.7 Å². The van der Waals surface area contributed by atoms with Gasteiger partial charge in [0, 0.05) is 5.56 Å². The molecule has 20 heavy (non-hydrogen) atoms. The summed E-state index contributed by atoms with van der Waals surface area (Å²) in [5, 5.41) is 2.57. The van der Waals surface area contributed by atoms with E-state index in [9.17, 15) is 4.79 Å². The highest BCUT2D eigenvalue weighted by Crippen LogP contribution is 2.17. The third-order valence-corrected chi connectivity index (χ3v) is 2.33. The van der Waals surface area contributed by atoms with Crippen molar-refractivity contribution in [3.05, 3.63) is 42.7 Å². The highest BCUT2D eigenvalue weighted by molar-refractivity contribution is 5.83. The number of ether oxygens (including phenoxy) is 1. The SMILES string of the molecule is CC(C)(C)OC(=O)Nc1cncc(-c2ccccc2)n1. The zero-order valence-electron chi connectivity index (χ0n) is 11.8. The number of anilines is 1. The molecule has 0 aliphatic carbocycles. The molecule has 2 rings (SSSR count). The van der Waals surface area contributed by atoms with Crippen molar-refractivity contribution in [3.63, 3.8) is 0 Å². The largest absolute Gasteiger partial charge is 0.444 e. The molecule has 1 heterocycles. The van der Waals surface area contributed by atoms with E-state index in [-0.39, 0.29) is 0 Å². The minimum absolute atomic E-state index is 0.362. The Morgan fingerprint density at radius 1 is 1.15 bits per heavy atom. The fourth-order valence-electron chi connectivity index (χ4n) is 1.58. The van der Waals surface area contributed by atoms with E-state index in [0.717, 1.165) is 5.56 Å². The Morgan fingerprint density at radius 2 is 1.85 bits per heavy atom. The van der Waals surface area contributed by atoms with Crippen LogP contribution in [0.4, 0.5) is 10.6 Å². The van der Waals surface area contributed by atoms with Gasteiger partial charge in [0.05, 0.1) is 18.1 Å². The van der Waals surface area contributed by atoms with Crippen LogP contribution in [0, 0.1) is 0 Å². The van der Waals surface area contributed by atoms with E-state index in [0.29, 0.717) is 11.5 Å². The molecule has 0 aliphatic rings. The molecule has 1 amide bonds. The molecule has 1 N–H and O–H groups in total. The van der Waals surface area contributed by atoms with Gasteiger partial charge in [-0.15, -0.1) is 0 Å². The number of rotatable bonds is 2. The van der Waals surface area contributed by atoms with Crippen LogP contribution in [0.15, 0.2) is 42.7 Å². The summed E-state index contributed by atoms with van der Waals surface area (Å²) in [5.74, 6) is 0.362. The second kappa shape index (κ2) is 5.69. The van der Waals surface area contributed by atoms with Gasteiger partial charge < -0.3 is 4.74 Å². The van der Waals surface area contributed by atoms with Crippen LogP contribution in [-0.2, 0) is 4.74 Å². The molecule has 0 unspecified atom stereocenters. The minimum Gasteiger partial charge on any atom is -0.444 e. The van der Waals surface area contributed by atoms with Crippen molar-refractivity contribution in [1.82, 2.24) is 9.97 Å². The van der Waals surface area contributed by atoms with Crippen molar-refractivity contribution in [3.8, 4) is 11.3 Å². The lowest BCUT2D eigenvalue weighted by molar-refractivity contribution is 0.0635. The van der Waals surface area contributed by atoms with E-state index in [4.69, 9.17) is 4.74 Å². The molecule has 2 aromatic rings. The first-order chi connectivity index (χ1) is 9.44. The third-order valence-electron chi connectivity index (χ3n) is 2.33. The lowest BCUT2D eigenvalue weighted by Gasteiger charge is -2.19. The van der Waals surface area contributed by atoms with Crippen LogP contribution < -0.4 is 5.32 Å². The maximum absolute atomic E-state index is 11.7. The minimum atomic E-state index is -0.547. The molecule has 1 aromatic heterocycles. The van der Waals surface area contributed by atoms with Crippen molar-refractivity contribution in [2.75, 3.05) is 5.32 Å². The quantitative estimate of drug-likeness (QED) is 0.908. The molecule has 5 heteroatoms. The summed E-state index contributed by atoms with van der Waals surface area (Å²) in [6, 6.07) is 9.64. The number of aromatic nitrogens is 2. The molecule has 0 atom stereocenters. The van der Waals surface area contributed by atoms with Crippen LogP contribution in [0.5, 0.6) is 0 Å². The molecular formula is C15H17N3O2. The van der Waals surface area contributed by atoms with Crippen molar-refractivity contribution in [1.29, 1.82) is 0 Å². The summed E-state index contributed by atoms with van der Waals surface area (Å²) in [4.78, 5) is 20.1. The van der Waals surface area contributed by atoms with E-state index in [1.807, 2.05) is 30.3 Å². The lowest BCUT2D eigenvalue weighted by Crippen LogP contribution is -2.27. The summed E-state index contributed by atoms with van der Waals surface area (Å²) >= 11 is 0. The van der Waals surface area contributed by atoms with E-state index >= 15 is 0 Å². The number of carbonyl (C=O) groups excluding carboxylic acids is 1. The highest BCUT2D eigenvalue weighted by atomic mass is 16.6. The van der Waals surface area contributed by atoms with Crippen LogP contribution in [0.1, 0.15) is 20.8 Å². The highest BCUT2D eigenvalue weighted by Gasteiger charge is 2.16. The first-order valence-corrected chi connectivity index (χ1v) is 6.31. The molecule has 0 saturated carbocycles. The molecule has 5 nitrogen and oxygen atoms in total. The molecule has 0 radical (unpaired) electrons. The van der Waals surface area contributed by atoms with Crippen molar-refractivity contribution < 1.29 is 9.53 Å². The van der Waals surface area contributed by atoms with Gasteiger partial charge in [0.15, 0.2) is 5.82 Å². The average molecular weight is 271 g/mol. The number of hydrogen-bond acceptors (Lipinski definition) is 4. The first-order valence-electron chi connectivity index (χ1n) is 6.31. The van der Waals surface area contributed by atoms with E-state index in [1.54, 1.807) is 27.0 Å². The van der Waals surface area contributed by atoms with Gasteiger partial charge >= 0.3 is 6.09 Å². The Balaban J connectivity index is 2.13. The van der Waals surface area contributed by atoms with Gasteiger partial charge in [0.25, 0.3) is 0 Å². The van der Waals surface area contributed by atoms with Gasteiger partial charge in [0.1, 0.15) is 5.60 Å². The maximum Gasteiger partial charge on any atom is 0.413 e. The molecule has 0 aliphatic heterocycles. The summed E-state index contributed by atoms with van der Waals surface area (Å²) in [6.45, 7) is 5.41. The molecule has 0 spiro atoms. The second-order valence-electron chi connectivity index (χ2n) is 5.28. The Hall–Kier alpha value is -2.43. The normalized spacial score (nSPS) is 10.9. The van der Waals surface area contributed by atoms with Crippen LogP contribution in [0.3, 0.4) is 0 Å². The second-order valence-corrected chi connectivity index (χ2v) is 5.28. The average Bonchev–Trinajstić information content (AvgIpc) is 2.38. The maximum atomic E-state index is 11.7. The van der Waals surface area contributed by atoms with Crippen LogP contribution in [0.25, 0.3) is 11.3 Å². The predicted molar refractivity (Wildman–Crippen MR) is 77.3 cm³/mol. The number of hydrogen-bond donors (Lipinski definition) is 1. The molecule has 0 bridgehead atoms. The van der Waals surface area contributed by atoms with E-state index in [1.165, 1.54) is 6.20 Å². The Kier molecular flexibility index (Phi) is 3.98. The monoisotopic (exact) mass is 271 g/mol. The fourth-order valence-corrected chi connectivity index (χ4v) is 1.58. The molecular weight excluding hydrogens is 254 g/mol. The van der Waals surface area contributed by atoms with Gasteiger partial charge in [0.2, 0.25) is 0 Å². The number of nitrogens with one attached hydrogen (secondary N) is 1. The molecule has 1 aromatic carbocycles. The van der Waals surface area contributed by atoms with Crippen molar-refractivity contribution in [2.45, 2.75) is 26.4 Å². The summed E-state index contributed by atoms with van der Waals surface area (Å²) in [6.07, 6.45) is 2.59. The van der Waals surface area contributed by atoms with Crippen molar-refractivity contribution >= 4 is 11.9 Å².